The number of nitrogens with two attached hydrogens (primary N) is 1. The van der Waals surface area contributed by atoms with Crippen LogP contribution in [-0.4, -0.2) is 46.2 Å². The number of carbonyl (C=O) groups is 1. The lowest BCUT2D eigenvalue weighted by atomic mass is 10.1. The van der Waals surface area contributed by atoms with E-state index in [0.29, 0.717) is 16.3 Å². The van der Waals surface area contributed by atoms with Gasteiger partial charge in [-0.3, -0.25) is 4.79 Å². The molecule has 0 saturated carbocycles. The van der Waals surface area contributed by atoms with Crippen LogP contribution in [-0.2, 0) is 0 Å². The van der Waals surface area contributed by atoms with Crippen LogP contribution in [0.3, 0.4) is 0 Å². The minimum atomic E-state index is -0.786. The van der Waals surface area contributed by atoms with E-state index in [4.69, 9.17) is 31.5 Å². The highest BCUT2D eigenvalue weighted by molar-refractivity contribution is 6.30. The van der Waals surface area contributed by atoms with Crippen LogP contribution in [0.15, 0.2) is 36.7 Å². The summed E-state index contributed by atoms with van der Waals surface area (Å²) in [7, 11) is 1.52. The van der Waals surface area contributed by atoms with Crippen molar-refractivity contribution in [3.63, 3.8) is 0 Å². The number of rotatable bonds is 8. The number of hydrogen-bond donors (Lipinski definition) is 1. The third-order valence-corrected chi connectivity index (χ3v) is 3.69. The largest absolute Gasteiger partial charge is 0.494 e. The molecule has 1 radical (unpaired) electrons. The maximum Gasteiger partial charge on any atom is 0.316 e. The van der Waals surface area contributed by atoms with E-state index in [0.717, 1.165) is 5.56 Å². The summed E-state index contributed by atoms with van der Waals surface area (Å²) in [6.07, 6.45) is 5.71. The summed E-state index contributed by atoms with van der Waals surface area (Å²) in [5, 5.41) is 0.578. The van der Waals surface area contributed by atoms with Crippen LogP contribution in [0, 0.1) is 6.20 Å². The molecule has 9 nitrogen and oxygen atoms in total. The Morgan fingerprint density at radius 2 is 1.82 bits per heavy atom. The molecule has 0 spiro atoms. The third-order valence-electron chi connectivity index (χ3n) is 3.44. The van der Waals surface area contributed by atoms with Gasteiger partial charge in [-0.1, -0.05) is 23.7 Å². The zero-order valence-electron chi connectivity index (χ0n) is 14.8. The summed E-state index contributed by atoms with van der Waals surface area (Å²) in [5.74, 6) is -0.323. The maximum atomic E-state index is 11.4. The average molecular weight is 401 g/mol. The van der Waals surface area contributed by atoms with Crippen LogP contribution < -0.4 is 19.9 Å². The van der Waals surface area contributed by atoms with E-state index in [9.17, 15) is 4.79 Å². The molecule has 2 heterocycles. The normalized spacial score (nSPS) is 10.4. The first-order valence-corrected chi connectivity index (χ1v) is 8.41. The summed E-state index contributed by atoms with van der Waals surface area (Å²) in [4.78, 5) is 27.2. The van der Waals surface area contributed by atoms with Crippen molar-refractivity contribution < 1.29 is 19.0 Å². The van der Waals surface area contributed by atoms with Gasteiger partial charge in [0.15, 0.2) is 5.75 Å². The van der Waals surface area contributed by atoms with Crippen LogP contribution in [0.4, 0.5) is 0 Å². The van der Waals surface area contributed by atoms with Gasteiger partial charge in [-0.05, 0) is 17.7 Å². The van der Waals surface area contributed by atoms with Gasteiger partial charge in [-0.25, -0.2) is 4.98 Å². The van der Waals surface area contributed by atoms with E-state index >= 15 is 0 Å². The lowest BCUT2D eigenvalue weighted by molar-refractivity contribution is 0.0988. The molecule has 1 amide bonds. The Morgan fingerprint density at radius 3 is 2.46 bits per heavy atom. The summed E-state index contributed by atoms with van der Waals surface area (Å²) in [6.45, 7) is 0.251. The van der Waals surface area contributed by atoms with Gasteiger partial charge in [0.2, 0.25) is 11.7 Å². The molecular formula is C18H15ClN5O4. The number of methoxy groups -OCH3 is 1. The van der Waals surface area contributed by atoms with Crippen molar-refractivity contribution in [2.45, 2.75) is 0 Å². The minimum Gasteiger partial charge on any atom is -0.494 e. The molecule has 2 aromatic heterocycles. The molecule has 0 aliphatic heterocycles. The third kappa shape index (κ3) is 4.83. The van der Waals surface area contributed by atoms with E-state index in [1.165, 1.54) is 19.5 Å². The molecule has 0 atom stereocenters. The van der Waals surface area contributed by atoms with E-state index in [1.807, 2.05) is 0 Å². The van der Waals surface area contributed by atoms with Crippen molar-refractivity contribution in [2.24, 2.45) is 5.73 Å². The van der Waals surface area contributed by atoms with Gasteiger partial charge in [0, 0.05) is 5.02 Å². The SMILES string of the molecule is COc1cnc(OCCOc2nc(C(N)=O)n[c]c2-c2ccc(Cl)cc2)nc1. The molecule has 28 heavy (non-hydrogen) atoms. The number of nitrogens with zero attached hydrogens (tertiary/aromatic N) is 4. The quantitative estimate of drug-likeness (QED) is 0.569. The Hall–Kier alpha value is -3.46. The molecule has 3 rings (SSSR count). The molecule has 0 bridgehead atoms. The van der Waals surface area contributed by atoms with Crippen molar-refractivity contribution in [1.29, 1.82) is 0 Å². The van der Waals surface area contributed by atoms with Crippen molar-refractivity contribution in [3.05, 3.63) is 53.7 Å². The Bertz CT molecular complexity index is 951. The highest BCUT2D eigenvalue weighted by atomic mass is 35.5. The summed E-state index contributed by atoms with van der Waals surface area (Å²) in [6, 6.07) is 7.11. The Morgan fingerprint density at radius 1 is 1.14 bits per heavy atom. The smallest absolute Gasteiger partial charge is 0.316 e. The number of hydrogen-bond acceptors (Lipinski definition) is 8. The molecular weight excluding hydrogens is 386 g/mol. The van der Waals surface area contributed by atoms with Gasteiger partial charge in [-0.15, -0.1) is 0 Å². The molecule has 1 aromatic carbocycles. The summed E-state index contributed by atoms with van der Waals surface area (Å²) >= 11 is 5.92. The number of amides is 1. The van der Waals surface area contributed by atoms with Crippen LogP contribution in [0.1, 0.15) is 10.6 Å². The average Bonchev–Trinajstić information content (AvgIpc) is 2.72. The van der Waals surface area contributed by atoms with Crippen molar-refractivity contribution in [3.8, 4) is 28.8 Å². The predicted molar refractivity (Wildman–Crippen MR) is 99.4 cm³/mol. The Balaban J connectivity index is 1.70. The Labute approximate surface area is 165 Å². The van der Waals surface area contributed by atoms with E-state index in [1.54, 1.807) is 24.3 Å². The second kappa shape index (κ2) is 8.96. The van der Waals surface area contributed by atoms with Crippen LogP contribution in [0.2, 0.25) is 5.02 Å². The minimum absolute atomic E-state index is 0.110. The van der Waals surface area contributed by atoms with Gasteiger partial charge in [0.1, 0.15) is 19.4 Å². The van der Waals surface area contributed by atoms with E-state index in [2.05, 4.69) is 26.1 Å². The van der Waals surface area contributed by atoms with Gasteiger partial charge in [0.25, 0.3) is 5.91 Å². The summed E-state index contributed by atoms with van der Waals surface area (Å²) < 4.78 is 16.0. The molecule has 0 unspecified atom stereocenters. The number of aromatic nitrogens is 4. The van der Waals surface area contributed by atoms with Gasteiger partial charge in [0.05, 0.1) is 25.1 Å². The maximum absolute atomic E-state index is 11.4. The lowest BCUT2D eigenvalue weighted by Gasteiger charge is -2.11. The van der Waals surface area contributed by atoms with Crippen LogP contribution in [0.5, 0.6) is 17.6 Å². The fourth-order valence-corrected chi connectivity index (χ4v) is 2.23. The molecule has 3 aromatic rings. The monoisotopic (exact) mass is 400 g/mol. The molecule has 10 heteroatoms. The van der Waals surface area contributed by atoms with Crippen LogP contribution >= 0.6 is 11.6 Å². The zero-order valence-corrected chi connectivity index (χ0v) is 15.5. The number of benzene rings is 1. The highest BCUT2D eigenvalue weighted by Crippen LogP contribution is 2.28. The van der Waals surface area contributed by atoms with Crippen LogP contribution in [0.25, 0.3) is 11.1 Å². The van der Waals surface area contributed by atoms with Gasteiger partial charge in [-0.2, -0.15) is 15.0 Å². The first-order chi connectivity index (χ1) is 13.6. The van der Waals surface area contributed by atoms with Crippen molar-refractivity contribution in [1.82, 2.24) is 19.9 Å². The number of primary amides is 1. The van der Waals surface area contributed by atoms with Crippen molar-refractivity contribution in [2.75, 3.05) is 20.3 Å². The molecule has 0 saturated heterocycles. The lowest BCUT2D eigenvalue weighted by Crippen LogP contribution is -2.17. The fraction of sp³-hybridized carbons (Fsp3) is 0.167. The second-order valence-corrected chi connectivity index (χ2v) is 5.75. The van der Waals surface area contributed by atoms with Gasteiger partial charge < -0.3 is 19.9 Å². The second-order valence-electron chi connectivity index (χ2n) is 5.31. The fourth-order valence-electron chi connectivity index (χ4n) is 2.11. The van der Waals surface area contributed by atoms with Crippen molar-refractivity contribution >= 4 is 17.5 Å². The molecule has 0 aliphatic carbocycles. The Kier molecular flexibility index (Phi) is 6.18. The summed E-state index contributed by atoms with van der Waals surface area (Å²) in [5.41, 5.74) is 6.42. The first-order valence-electron chi connectivity index (χ1n) is 8.04. The molecule has 0 fully saturated rings. The van der Waals surface area contributed by atoms with Gasteiger partial charge >= 0.3 is 6.01 Å². The zero-order chi connectivity index (χ0) is 19.9. The predicted octanol–water partition coefficient (Wildman–Crippen LogP) is 1.95. The van der Waals surface area contributed by atoms with E-state index < -0.39 is 5.91 Å². The first kappa shape index (κ1) is 19.3. The number of carbonyl (C=O) groups excluding carboxylic acids is 1. The highest BCUT2D eigenvalue weighted by Gasteiger charge is 2.14. The number of ether oxygens (including phenoxy) is 3. The topological polar surface area (TPSA) is 122 Å². The molecule has 143 valence electrons. The van der Waals surface area contributed by atoms with E-state index in [-0.39, 0.29) is 30.9 Å². The standard InChI is InChI=1S/C18H15ClN5O4/c1-26-13-8-22-18(23-9-13)28-7-6-27-17-14(10-21-16(24-17)15(20)25)11-2-4-12(19)5-3-11/h2-5,8-9H,6-7H2,1H3,(H2,20,25). The molecule has 0 aliphatic rings. The number of halogens is 1. The molecule has 2 N–H and O–H groups in total.